The van der Waals surface area contributed by atoms with Crippen molar-refractivity contribution in [2.75, 3.05) is 0 Å². The minimum absolute atomic E-state index is 0.0671. The maximum Gasteiger partial charge on any atom is 0.248 e. The zero-order valence-corrected chi connectivity index (χ0v) is 15.7. The summed E-state index contributed by atoms with van der Waals surface area (Å²) < 4.78 is 12.7. The molecule has 4 N–H and O–H groups in total. The van der Waals surface area contributed by atoms with Crippen molar-refractivity contribution >= 4 is 17.1 Å². The van der Waals surface area contributed by atoms with Gasteiger partial charge in [-0.2, -0.15) is 0 Å². The quantitative estimate of drug-likeness (QED) is 0.616. The summed E-state index contributed by atoms with van der Waals surface area (Å²) in [7, 11) is 0. The van der Waals surface area contributed by atoms with E-state index in [0.29, 0.717) is 15.4 Å². The molecule has 3 rings (SSSR count). The third-order valence-corrected chi connectivity index (χ3v) is 5.86. The molecule has 0 aliphatic rings. The SMILES string of the molecule is NC(=O)c1ccc([S+]([O-])c2ccc(C(N)CCc3ccccc3)cc2)cc1. The van der Waals surface area contributed by atoms with Crippen LogP contribution in [0.3, 0.4) is 0 Å². The fourth-order valence-corrected chi connectivity index (χ4v) is 3.89. The Morgan fingerprint density at radius 2 is 1.44 bits per heavy atom. The summed E-state index contributed by atoms with van der Waals surface area (Å²) in [5.41, 5.74) is 14.2. The molecule has 3 aromatic rings. The average Bonchev–Trinajstić information content (AvgIpc) is 2.72. The van der Waals surface area contributed by atoms with Gasteiger partial charge in [0.05, 0.1) is 0 Å². The zero-order valence-electron chi connectivity index (χ0n) is 14.9. The smallest absolute Gasteiger partial charge is 0.248 e. The van der Waals surface area contributed by atoms with Gasteiger partial charge in [-0.1, -0.05) is 42.5 Å². The average molecular weight is 378 g/mol. The number of nitrogens with two attached hydrogens (primary N) is 2. The van der Waals surface area contributed by atoms with E-state index in [2.05, 4.69) is 12.1 Å². The summed E-state index contributed by atoms with van der Waals surface area (Å²) in [6, 6.07) is 24.2. The van der Waals surface area contributed by atoms with E-state index in [0.717, 1.165) is 18.4 Å². The van der Waals surface area contributed by atoms with Crippen LogP contribution in [0.15, 0.2) is 88.7 Å². The Kier molecular flexibility index (Phi) is 6.29. The normalized spacial score (nSPS) is 13.1. The lowest BCUT2D eigenvalue weighted by Gasteiger charge is -2.14. The maximum atomic E-state index is 12.7. The summed E-state index contributed by atoms with van der Waals surface area (Å²) >= 11 is -1.32. The molecule has 0 aliphatic carbocycles. The van der Waals surface area contributed by atoms with Gasteiger partial charge in [0.15, 0.2) is 9.79 Å². The second-order valence-corrected chi connectivity index (χ2v) is 7.84. The van der Waals surface area contributed by atoms with E-state index in [1.165, 1.54) is 5.56 Å². The van der Waals surface area contributed by atoms with Gasteiger partial charge in [0, 0.05) is 22.8 Å². The molecule has 0 heterocycles. The highest BCUT2D eigenvalue weighted by molar-refractivity contribution is 7.91. The Balaban J connectivity index is 1.64. The number of primary amides is 1. The van der Waals surface area contributed by atoms with Crippen molar-refractivity contribution < 1.29 is 9.35 Å². The topological polar surface area (TPSA) is 92.2 Å². The lowest BCUT2D eigenvalue weighted by molar-refractivity contribution is 0.1000. The van der Waals surface area contributed by atoms with Crippen molar-refractivity contribution in [1.29, 1.82) is 0 Å². The predicted molar refractivity (Wildman–Crippen MR) is 108 cm³/mol. The minimum atomic E-state index is -1.32. The largest absolute Gasteiger partial charge is 0.606 e. The molecule has 0 saturated heterocycles. The first kappa shape index (κ1) is 19.2. The van der Waals surface area contributed by atoms with Gasteiger partial charge in [0.2, 0.25) is 5.91 Å². The summed E-state index contributed by atoms with van der Waals surface area (Å²) in [5, 5.41) is 0. The maximum absolute atomic E-state index is 12.7. The van der Waals surface area contributed by atoms with Crippen LogP contribution < -0.4 is 11.5 Å². The monoisotopic (exact) mass is 378 g/mol. The van der Waals surface area contributed by atoms with Crippen LogP contribution in [0, 0.1) is 0 Å². The number of amides is 1. The summed E-state index contributed by atoms with van der Waals surface area (Å²) in [5.74, 6) is -0.499. The van der Waals surface area contributed by atoms with Gasteiger partial charge in [0.25, 0.3) is 0 Å². The van der Waals surface area contributed by atoms with E-state index in [1.807, 2.05) is 42.5 Å². The molecule has 0 spiro atoms. The van der Waals surface area contributed by atoms with Crippen molar-refractivity contribution in [2.45, 2.75) is 28.7 Å². The Labute approximate surface area is 162 Å². The van der Waals surface area contributed by atoms with Gasteiger partial charge in [-0.3, -0.25) is 4.79 Å². The van der Waals surface area contributed by atoms with Crippen molar-refractivity contribution in [2.24, 2.45) is 11.5 Å². The number of carbonyl (C=O) groups excluding carboxylic acids is 1. The van der Waals surface area contributed by atoms with Crippen molar-refractivity contribution in [3.63, 3.8) is 0 Å². The Bertz CT molecular complexity index is 880. The summed E-state index contributed by atoms with van der Waals surface area (Å²) in [4.78, 5) is 12.5. The molecule has 0 fully saturated rings. The van der Waals surface area contributed by atoms with Crippen LogP contribution in [-0.2, 0) is 17.6 Å². The minimum Gasteiger partial charge on any atom is -0.606 e. The molecular weight excluding hydrogens is 356 g/mol. The molecule has 1 amide bonds. The van der Waals surface area contributed by atoms with Crippen LogP contribution in [0.5, 0.6) is 0 Å². The number of carbonyl (C=O) groups is 1. The number of benzene rings is 3. The Morgan fingerprint density at radius 3 is 2.00 bits per heavy atom. The van der Waals surface area contributed by atoms with Crippen LogP contribution in [-0.4, -0.2) is 10.5 Å². The number of rotatable bonds is 7. The van der Waals surface area contributed by atoms with Crippen molar-refractivity contribution in [1.82, 2.24) is 0 Å². The van der Waals surface area contributed by atoms with Crippen molar-refractivity contribution in [3.8, 4) is 0 Å². The molecule has 5 heteroatoms. The number of hydrogen-bond acceptors (Lipinski definition) is 3. The van der Waals surface area contributed by atoms with Crippen LogP contribution >= 0.6 is 0 Å². The van der Waals surface area contributed by atoms with E-state index in [9.17, 15) is 9.35 Å². The molecule has 0 aliphatic heterocycles. The van der Waals surface area contributed by atoms with E-state index in [4.69, 9.17) is 11.5 Å². The number of aryl methyl sites for hydroxylation is 1. The highest BCUT2D eigenvalue weighted by Gasteiger charge is 2.16. The van der Waals surface area contributed by atoms with Gasteiger partial charge >= 0.3 is 0 Å². The molecule has 0 saturated carbocycles. The molecule has 138 valence electrons. The molecule has 0 radical (unpaired) electrons. The van der Waals surface area contributed by atoms with E-state index >= 15 is 0 Å². The van der Waals surface area contributed by atoms with Gasteiger partial charge in [-0.25, -0.2) is 0 Å². The van der Waals surface area contributed by atoms with E-state index in [1.54, 1.807) is 24.3 Å². The number of hydrogen-bond donors (Lipinski definition) is 2. The van der Waals surface area contributed by atoms with Gasteiger partial charge in [-0.15, -0.1) is 0 Å². The van der Waals surface area contributed by atoms with Gasteiger partial charge < -0.3 is 16.0 Å². The molecular formula is C22H22N2O2S. The Morgan fingerprint density at radius 1 is 0.889 bits per heavy atom. The zero-order chi connectivity index (χ0) is 19.2. The first-order valence-electron chi connectivity index (χ1n) is 8.75. The van der Waals surface area contributed by atoms with Crippen LogP contribution in [0.2, 0.25) is 0 Å². The lowest BCUT2D eigenvalue weighted by atomic mass is 10.00. The highest BCUT2D eigenvalue weighted by Crippen LogP contribution is 2.24. The summed E-state index contributed by atoms with van der Waals surface area (Å²) in [6.07, 6.45) is 1.77. The third kappa shape index (κ3) is 4.98. The van der Waals surface area contributed by atoms with Gasteiger partial charge in [0.1, 0.15) is 0 Å². The first-order chi connectivity index (χ1) is 13.0. The van der Waals surface area contributed by atoms with Gasteiger partial charge in [-0.05, 0) is 60.4 Å². The van der Waals surface area contributed by atoms with Crippen molar-refractivity contribution in [3.05, 3.63) is 95.6 Å². The standard InChI is InChI=1S/C22H22N2O2S/c23-21(15-6-16-4-2-1-3-5-16)17-7-11-19(12-8-17)27(26)20-13-9-18(10-14-20)22(24)25/h1-5,7-14,21H,6,15,23H2,(H2,24,25). The molecule has 0 aromatic heterocycles. The van der Waals surface area contributed by atoms with Crippen LogP contribution in [0.4, 0.5) is 0 Å². The Hall–Kier alpha value is -2.60. The third-order valence-electron chi connectivity index (χ3n) is 4.46. The summed E-state index contributed by atoms with van der Waals surface area (Å²) in [6.45, 7) is 0. The van der Waals surface area contributed by atoms with Crippen LogP contribution in [0.25, 0.3) is 0 Å². The molecule has 3 aromatic carbocycles. The predicted octanol–water partition coefficient (Wildman–Crippen LogP) is 3.58. The highest BCUT2D eigenvalue weighted by atomic mass is 32.2. The second-order valence-electron chi connectivity index (χ2n) is 6.36. The van der Waals surface area contributed by atoms with E-state index in [-0.39, 0.29) is 6.04 Å². The molecule has 2 unspecified atom stereocenters. The van der Waals surface area contributed by atoms with Crippen LogP contribution in [0.1, 0.15) is 33.9 Å². The fourth-order valence-electron chi connectivity index (χ4n) is 2.85. The van der Waals surface area contributed by atoms with E-state index < -0.39 is 17.1 Å². The fraction of sp³-hybridized carbons (Fsp3) is 0.136. The first-order valence-corrected chi connectivity index (χ1v) is 9.90. The molecule has 2 atom stereocenters. The second kappa shape index (κ2) is 8.86. The molecule has 4 nitrogen and oxygen atoms in total. The molecule has 27 heavy (non-hydrogen) atoms. The lowest BCUT2D eigenvalue weighted by Crippen LogP contribution is -2.12. The molecule has 0 bridgehead atoms.